The molecule has 3 aromatic carbocycles. The van der Waals surface area contributed by atoms with E-state index < -0.39 is 5.91 Å². The van der Waals surface area contributed by atoms with Crippen molar-refractivity contribution in [3.63, 3.8) is 0 Å². The van der Waals surface area contributed by atoms with E-state index in [0.717, 1.165) is 16.8 Å². The Labute approximate surface area is 207 Å². The van der Waals surface area contributed by atoms with Gasteiger partial charge in [-0.15, -0.1) is 0 Å². The highest BCUT2D eigenvalue weighted by molar-refractivity contribution is 6.06. The minimum absolute atomic E-state index is 0.100. The van der Waals surface area contributed by atoms with Crippen molar-refractivity contribution in [1.29, 1.82) is 0 Å². The Balaban J connectivity index is 1.83. The lowest BCUT2D eigenvalue weighted by Crippen LogP contribution is -2.33. The molecule has 0 fully saturated rings. The standard InChI is InChI=1S/C29H32N4O2/c1-20(2)23-13-15-24(16-14-23)21(3)31-32-29(35)27(30-28(34)25-9-7-6-8-10-25)19-22-11-17-26(18-12-22)33(4)5/h6-20H,1-5H3,(H,30,34)(H,32,35)/b27-19-,31-21+. The van der Waals surface area contributed by atoms with E-state index in [9.17, 15) is 9.59 Å². The Bertz CT molecular complexity index is 1210. The molecule has 0 atom stereocenters. The van der Waals surface area contributed by atoms with Crippen molar-refractivity contribution in [2.24, 2.45) is 5.10 Å². The average Bonchev–Trinajstić information content (AvgIpc) is 2.87. The summed E-state index contributed by atoms with van der Waals surface area (Å²) in [6.07, 6.45) is 1.64. The highest BCUT2D eigenvalue weighted by atomic mass is 16.2. The second kappa shape index (κ2) is 11.8. The number of hydrogen-bond acceptors (Lipinski definition) is 4. The van der Waals surface area contributed by atoms with Crippen molar-refractivity contribution in [2.75, 3.05) is 19.0 Å². The van der Waals surface area contributed by atoms with E-state index in [1.165, 1.54) is 5.56 Å². The minimum atomic E-state index is -0.510. The van der Waals surface area contributed by atoms with Crippen LogP contribution in [0.4, 0.5) is 5.69 Å². The van der Waals surface area contributed by atoms with Crippen LogP contribution in [0.25, 0.3) is 6.08 Å². The zero-order valence-corrected chi connectivity index (χ0v) is 20.9. The Morgan fingerprint density at radius 2 is 1.49 bits per heavy atom. The number of nitrogens with one attached hydrogen (secondary N) is 2. The van der Waals surface area contributed by atoms with Gasteiger partial charge in [-0.25, -0.2) is 5.43 Å². The lowest BCUT2D eigenvalue weighted by atomic mass is 10.0. The number of carbonyl (C=O) groups is 2. The Morgan fingerprint density at radius 1 is 0.857 bits per heavy atom. The largest absolute Gasteiger partial charge is 0.378 e. The van der Waals surface area contributed by atoms with Gasteiger partial charge in [0.2, 0.25) is 0 Å². The molecule has 0 aliphatic rings. The molecular weight excluding hydrogens is 436 g/mol. The van der Waals surface area contributed by atoms with Crippen LogP contribution >= 0.6 is 0 Å². The van der Waals surface area contributed by atoms with Crippen LogP contribution in [0.5, 0.6) is 0 Å². The summed E-state index contributed by atoms with van der Waals surface area (Å²) < 4.78 is 0. The molecule has 0 aliphatic carbocycles. The predicted octanol–water partition coefficient (Wildman–Crippen LogP) is 5.19. The summed E-state index contributed by atoms with van der Waals surface area (Å²) in [5.41, 5.74) is 7.76. The first-order chi connectivity index (χ1) is 16.7. The van der Waals surface area contributed by atoms with E-state index in [4.69, 9.17) is 0 Å². The molecule has 0 unspecified atom stereocenters. The van der Waals surface area contributed by atoms with Crippen molar-refractivity contribution >= 4 is 29.3 Å². The fourth-order valence-corrected chi connectivity index (χ4v) is 3.35. The third-order valence-corrected chi connectivity index (χ3v) is 5.57. The number of benzene rings is 3. The summed E-state index contributed by atoms with van der Waals surface area (Å²) in [4.78, 5) is 27.8. The number of nitrogens with zero attached hydrogens (tertiary/aromatic N) is 2. The first kappa shape index (κ1) is 25.4. The Kier molecular flexibility index (Phi) is 8.57. The summed E-state index contributed by atoms with van der Waals surface area (Å²) >= 11 is 0. The molecule has 0 radical (unpaired) electrons. The lowest BCUT2D eigenvalue weighted by Gasteiger charge is -2.13. The van der Waals surface area contributed by atoms with Crippen LogP contribution < -0.4 is 15.6 Å². The lowest BCUT2D eigenvalue weighted by molar-refractivity contribution is -0.117. The summed E-state index contributed by atoms with van der Waals surface area (Å²) in [5, 5.41) is 7.00. The van der Waals surface area contributed by atoms with E-state index in [1.807, 2.05) is 68.4 Å². The topological polar surface area (TPSA) is 73.8 Å². The second-order valence-corrected chi connectivity index (χ2v) is 8.78. The Hall–Kier alpha value is -4.19. The molecular formula is C29H32N4O2. The van der Waals surface area contributed by atoms with Gasteiger partial charge in [-0.05, 0) is 59.9 Å². The summed E-state index contributed by atoms with van der Waals surface area (Å²) in [7, 11) is 3.92. The molecule has 0 saturated heterocycles. The number of hydrogen-bond donors (Lipinski definition) is 2. The molecule has 0 aliphatic heterocycles. The van der Waals surface area contributed by atoms with E-state index >= 15 is 0 Å². The third kappa shape index (κ3) is 7.14. The maximum Gasteiger partial charge on any atom is 0.287 e. The van der Waals surface area contributed by atoms with Crippen LogP contribution in [0.2, 0.25) is 0 Å². The molecule has 35 heavy (non-hydrogen) atoms. The number of hydrazone groups is 1. The Morgan fingerprint density at radius 3 is 2.06 bits per heavy atom. The molecule has 0 spiro atoms. The fourth-order valence-electron chi connectivity index (χ4n) is 3.35. The van der Waals surface area contributed by atoms with Crippen LogP contribution in [-0.4, -0.2) is 31.6 Å². The van der Waals surface area contributed by atoms with E-state index in [2.05, 4.69) is 41.8 Å². The molecule has 3 aromatic rings. The van der Waals surface area contributed by atoms with E-state index in [-0.39, 0.29) is 11.6 Å². The summed E-state index contributed by atoms with van der Waals surface area (Å²) in [6.45, 7) is 6.11. The van der Waals surface area contributed by atoms with Gasteiger partial charge in [0.05, 0.1) is 5.71 Å². The van der Waals surface area contributed by atoms with Gasteiger partial charge < -0.3 is 10.2 Å². The van der Waals surface area contributed by atoms with E-state index in [1.54, 1.807) is 30.3 Å². The quantitative estimate of drug-likeness (QED) is 0.272. The fraction of sp³-hybridized carbons (Fsp3) is 0.207. The molecule has 0 heterocycles. The van der Waals surface area contributed by atoms with Gasteiger partial charge in [0.1, 0.15) is 5.70 Å². The second-order valence-electron chi connectivity index (χ2n) is 8.78. The first-order valence-corrected chi connectivity index (χ1v) is 11.5. The van der Waals surface area contributed by atoms with Crippen LogP contribution in [-0.2, 0) is 4.79 Å². The normalized spacial score (nSPS) is 11.8. The predicted molar refractivity (Wildman–Crippen MR) is 144 cm³/mol. The monoisotopic (exact) mass is 468 g/mol. The van der Waals surface area contributed by atoms with Gasteiger partial charge >= 0.3 is 0 Å². The molecule has 0 bridgehead atoms. The van der Waals surface area contributed by atoms with Gasteiger partial charge in [0, 0.05) is 25.3 Å². The molecule has 3 rings (SSSR count). The van der Waals surface area contributed by atoms with Crippen LogP contribution in [0.15, 0.2) is 89.7 Å². The van der Waals surface area contributed by atoms with Gasteiger partial charge in [-0.3, -0.25) is 9.59 Å². The number of rotatable bonds is 8. The molecule has 0 aromatic heterocycles. The highest BCUT2D eigenvalue weighted by Crippen LogP contribution is 2.16. The maximum atomic E-state index is 13.1. The van der Waals surface area contributed by atoms with Crippen molar-refractivity contribution in [1.82, 2.24) is 10.7 Å². The van der Waals surface area contributed by atoms with Crippen molar-refractivity contribution < 1.29 is 9.59 Å². The average molecular weight is 469 g/mol. The van der Waals surface area contributed by atoms with Gasteiger partial charge in [-0.2, -0.15) is 5.10 Å². The summed E-state index contributed by atoms with van der Waals surface area (Å²) in [6, 6.07) is 24.5. The van der Waals surface area contributed by atoms with Gasteiger partial charge in [-0.1, -0.05) is 68.4 Å². The number of anilines is 1. The molecule has 6 nitrogen and oxygen atoms in total. The maximum absolute atomic E-state index is 13.1. The number of carbonyl (C=O) groups excluding carboxylic acids is 2. The number of amides is 2. The van der Waals surface area contributed by atoms with Crippen LogP contribution in [0, 0.1) is 0 Å². The SMILES string of the molecule is C/C(=N\NC(=O)/C(=C/c1ccc(N(C)C)cc1)NC(=O)c1ccccc1)c1ccc(C(C)C)cc1. The minimum Gasteiger partial charge on any atom is -0.378 e. The molecule has 0 saturated carbocycles. The molecule has 180 valence electrons. The van der Waals surface area contributed by atoms with Crippen LogP contribution in [0.1, 0.15) is 53.7 Å². The van der Waals surface area contributed by atoms with Crippen molar-refractivity contribution in [3.05, 3.63) is 107 Å². The van der Waals surface area contributed by atoms with E-state index in [0.29, 0.717) is 17.2 Å². The van der Waals surface area contributed by atoms with Gasteiger partial charge in [0.15, 0.2) is 0 Å². The molecule has 2 N–H and O–H groups in total. The third-order valence-electron chi connectivity index (χ3n) is 5.57. The van der Waals surface area contributed by atoms with Gasteiger partial charge in [0.25, 0.3) is 11.8 Å². The summed E-state index contributed by atoms with van der Waals surface area (Å²) in [5.74, 6) is -0.445. The van der Waals surface area contributed by atoms with Crippen molar-refractivity contribution in [3.8, 4) is 0 Å². The highest BCUT2D eigenvalue weighted by Gasteiger charge is 2.15. The molecule has 2 amide bonds. The molecule has 6 heteroatoms. The van der Waals surface area contributed by atoms with Crippen molar-refractivity contribution in [2.45, 2.75) is 26.7 Å². The zero-order valence-electron chi connectivity index (χ0n) is 20.9. The first-order valence-electron chi connectivity index (χ1n) is 11.5. The van der Waals surface area contributed by atoms with Crippen LogP contribution in [0.3, 0.4) is 0 Å². The zero-order chi connectivity index (χ0) is 25.4. The smallest absolute Gasteiger partial charge is 0.287 e.